The van der Waals surface area contributed by atoms with E-state index in [2.05, 4.69) is 4.74 Å². The van der Waals surface area contributed by atoms with Crippen molar-refractivity contribution in [1.29, 1.82) is 0 Å². The highest BCUT2D eigenvalue weighted by Crippen LogP contribution is 2.22. The number of hydrogen-bond acceptors (Lipinski definition) is 4. The Hall–Kier alpha value is -1.60. The van der Waals surface area contributed by atoms with Gasteiger partial charge in [0.2, 0.25) is 0 Å². The van der Waals surface area contributed by atoms with Gasteiger partial charge >= 0.3 is 5.97 Å². The SMILES string of the molecule is O=C(O)COc1ccccc1S(=O)(=O)O. The van der Waals surface area contributed by atoms with Crippen LogP contribution in [0.1, 0.15) is 0 Å². The summed E-state index contributed by atoms with van der Waals surface area (Å²) in [6.07, 6.45) is 0. The Morgan fingerprint density at radius 3 is 2.47 bits per heavy atom. The predicted octanol–water partition coefficient (Wildman–Crippen LogP) is 0.397. The molecule has 0 saturated carbocycles. The molecule has 0 spiro atoms. The van der Waals surface area contributed by atoms with Crippen LogP contribution in [0.2, 0.25) is 0 Å². The molecule has 1 aromatic carbocycles. The van der Waals surface area contributed by atoms with Crippen LogP contribution in [-0.4, -0.2) is 30.7 Å². The van der Waals surface area contributed by atoms with Crippen LogP contribution >= 0.6 is 0 Å². The highest BCUT2D eigenvalue weighted by molar-refractivity contribution is 7.86. The van der Waals surface area contributed by atoms with Crippen LogP contribution < -0.4 is 4.74 Å². The zero-order valence-corrected chi connectivity index (χ0v) is 8.27. The maximum atomic E-state index is 10.8. The van der Waals surface area contributed by atoms with Crippen molar-refractivity contribution in [1.82, 2.24) is 0 Å². The monoisotopic (exact) mass is 232 g/mol. The van der Waals surface area contributed by atoms with E-state index in [9.17, 15) is 13.2 Å². The van der Waals surface area contributed by atoms with Crippen LogP contribution in [0.25, 0.3) is 0 Å². The number of rotatable bonds is 4. The van der Waals surface area contributed by atoms with Crippen LogP contribution in [0.5, 0.6) is 5.75 Å². The molecule has 7 heteroatoms. The molecule has 15 heavy (non-hydrogen) atoms. The van der Waals surface area contributed by atoms with Crippen molar-refractivity contribution >= 4 is 16.1 Å². The Balaban J connectivity index is 3.02. The van der Waals surface area contributed by atoms with Crippen molar-refractivity contribution in [2.75, 3.05) is 6.61 Å². The molecule has 0 aliphatic heterocycles. The van der Waals surface area contributed by atoms with Crippen LogP contribution in [0, 0.1) is 0 Å². The molecule has 1 aromatic rings. The minimum atomic E-state index is -4.40. The van der Waals surface area contributed by atoms with Crippen molar-refractivity contribution in [3.63, 3.8) is 0 Å². The van der Waals surface area contributed by atoms with E-state index in [0.29, 0.717) is 0 Å². The van der Waals surface area contributed by atoms with Crippen molar-refractivity contribution in [3.05, 3.63) is 24.3 Å². The third kappa shape index (κ3) is 3.22. The minimum Gasteiger partial charge on any atom is -0.480 e. The average Bonchev–Trinajstić information content (AvgIpc) is 2.13. The van der Waals surface area contributed by atoms with E-state index in [4.69, 9.17) is 9.66 Å². The second-order valence-corrected chi connectivity index (χ2v) is 3.99. The highest BCUT2D eigenvalue weighted by Gasteiger charge is 2.16. The van der Waals surface area contributed by atoms with Gasteiger partial charge in [-0.1, -0.05) is 12.1 Å². The second kappa shape index (κ2) is 4.28. The number of carbonyl (C=O) groups is 1. The van der Waals surface area contributed by atoms with Crippen LogP contribution in [0.15, 0.2) is 29.2 Å². The van der Waals surface area contributed by atoms with E-state index < -0.39 is 27.6 Å². The molecule has 0 aromatic heterocycles. The molecular weight excluding hydrogens is 224 g/mol. The summed E-state index contributed by atoms with van der Waals surface area (Å²) in [5.41, 5.74) is 0. The zero-order chi connectivity index (χ0) is 11.5. The van der Waals surface area contributed by atoms with Gasteiger partial charge in [0.15, 0.2) is 6.61 Å². The van der Waals surface area contributed by atoms with Gasteiger partial charge in [-0.2, -0.15) is 8.42 Å². The van der Waals surface area contributed by atoms with Gasteiger partial charge in [0.25, 0.3) is 10.1 Å². The van der Waals surface area contributed by atoms with E-state index in [1.807, 2.05) is 0 Å². The molecule has 82 valence electrons. The van der Waals surface area contributed by atoms with Crippen LogP contribution in [0.3, 0.4) is 0 Å². The van der Waals surface area contributed by atoms with E-state index in [-0.39, 0.29) is 5.75 Å². The molecule has 0 atom stereocenters. The van der Waals surface area contributed by atoms with Gasteiger partial charge in [-0.3, -0.25) is 4.55 Å². The quantitative estimate of drug-likeness (QED) is 0.728. The van der Waals surface area contributed by atoms with Gasteiger partial charge in [-0.25, -0.2) is 4.79 Å². The number of ether oxygens (including phenoxy) is 1. The van der Waals surface area contributed by atoms with E-state index in [1.54, 1.807) is 0 Å². The van der Waals surface area contributed by atoms with Crippen molar-refractivity contribution in [2.45, 2.75) is 4.90 Å². The summed E-state index contributed by atoms with van der Waals surface area (Å²) < 4.78 is 35.1. The van der Waals surface area contributed by atoms with Crippen molar-refractivity contribution in [3.8, 4) is 5.75 Å². The largest absolute Gasteiger partial charge is 0.480 e. The molecule has 2 N–H and O–H groups in total. The number of benzene rings is 1. The lowest BCUT2D eigenvalue weighted by atomic mass is 10.3. The van der Waals surface area contributed by atoms with Gasteiger partial charge in [0.05, 0.1) is 0 Å². The second-order valence-electron chi connectivity index (χ2n) is 2.60. The van der Waals surface area contributed by atoms with Crippen molar-refractivity contribution in [2.24, 2.45) is 0 Å². The smallest absolute Gasteiger partial charge is 0.341 e. The summed E-state index contributed by atoms with van der Waals surface area (Å²) in [6, 6.07) is 5.22. The molecule has 0 aliphatic carbocycles. The predicted molar refractivity (Wildman–Crippen MR) is 49.4 cm³/mol. The summed E-state index contributed by atoms with van der Waals surface area (Å²) in [5.74, 6) is -1.43. The Bertz CT molecular complexity index is 464. The topological polar surface area (TPSA) is 101 Å². The van der Waals surface area contributed by atoms with Crippen molar-refractivity contribution < 1.29 is 27.6 Å². The fourth-order valence-corrected chi connectivity index (χ4v) is 1.55. The maximum absolute atomic E-state index is 10.8. The number of hydrogen-bond donors (Lipinski definition) is 2. The number of para-hydroxylation sites is 1. The highest BCUT2D eigenvalue weighted by atomic mass is 32.2. The normalized spacial score (nSPS) is 11.0. The van der Waals surface area contributed by atoms with Gasteiger partial charge in [-0.15, -0.1) is 0 Å². The Morgan fingerprint density at radius 2 is 1.93 bits per heavy atom. The maximum Gasteiger partial charge on any atom is 0.341 e. The first-order valence-corrected chi connectivity index (χ1v) is 5.26. The van der Waals surface area contributed by atoms with E-state index >= 15 is 0 Å². The molecule has 0 aliphatic rings. The number of aliphatic carboxylic acids is 1. The lowest BCUT2D eigenvalue weighted by molar-refractivity contribution is -0.139. The molecular formula is C8H8O6S. The molecule has 1 rings (SSSR count). The summed E-state index contributed by atoms with van der Waals surface area (Å²) in [5, 5.41) is 8.33. The lowest BCUT2D eigenvalue weighted by Crippen LogP contribution is -2.11. The fourth-order valence-electron chi connectivity index (χ4n) is 0.922. The standard InChI is InChI=1S/C8H8O6S/c9-8(10)5-14-6-3-1-2-4-7(6)15(11,12)13/h1-4H,5H2,(H,9,10)(H,11,12,13). The van der Waals surface area contributed by atoms with Gasteiger partial charge in [0, 0.05) is 0 Å². The first kappa shape index (κ1) is 11.5. The fraction of sp³-hybridized carbons (Fsp3) is 0.125. The first-order valence-electron chi connectivity index (χ1n) is 3.82. The third-order valence-electron chi connectivity index (χ3n) is 1.48. The summed E-state index contributed by atoms with van der Waals surface area (Å²) in [4.78, 5) is 9.74. The molecule has 0 unspecified atom stereocenters. The number of carboxylic acids is 1. The van der Waals surface area contributed by atoms with Gasteiger partial charge in [0.1, 0.15) is 10.6 Å². The lowest BCUT2D eigenvalue weighted by Gasteiger charge is -2.06. The minimum absolute atomic E-state index is 0.192. The van der Waals surface area contributed by atoms with E-state index in [0.717, 1.165) is 6.07 Å². The summed E-state index contributed by atoms with van der Waals surface area (Å²) in [6.45, 7) is -0.674. The molecule has 6 nitrogen and oxygen atoms in total. The molecule has 0 radical (unpaired) electrons. The Kier molecular flexibility index (Phi) is 3.28. The van der Waals surface area contributed by atoms with Gasteiger partial charge < -0.3 is 9.84 Å². The average molecular weight is 232 g/mol. The zero-order valence-electron chi connectivity index (χ0n) is 7.45. The molecule has 0 bridgehead atoms. The molecule has 0 amide bonds. The van der Waals surface area contributed by atoms with Crippen LogP contribution in [0.4, 0.5) is 0 Å². The third-order valence-corrected chi connectivity index (χ3v) is 2.37. The molecule has 0 fully saturated rings. The van der Waals surface area contributed by atoms with E-state index in [1.165, 1.54) is 18.2 Å². The Labute approximate surface area is 85.9 Å². The van der Waals surface area contributed by atoms with Gasteiger partial charge in [-0.05, 0) is 12.1 Å². The Morgan fingerprint density at radius 1 is 1.33 bits per heavy atom. The molecule has 0 saturated heterocycles. The summed E-state index contributed by atoms with van der Waals surface area (Å²) in [7, 11) is -4.40. The van der Waals surface area contributed by atoms with Crippen LogP contribution in [-0.2, 0) is 14.9 Å². The first-order chi connectivity index (χ1) is 6.91. The summed E-state index contributed by atoms with van der Waals surface area (Å²) >= 11 is 0. The number of carboxylic acid groups (broad SMARTS) is 1. The molecule has 0 heterocycles.